The predicted molar refractivity (Wildman–Crippen MR) is 67.9 cm³/mol. The molecule has 2 unspecified atom stereocenters. The van der Waals surface area contributed by atoms with Crippen molar-refractivity contribution in [3.63, 3.8) is 0 Å². The Labute approximate surface area is 97.6 Å². The van der Waals surface area contributed by atoms with Crippen molar-refractivity contribution in [1.29, 1.82) is 0 Å². The molecular formula is C14H20N2. The first-order valence-electron chi connectivity index (χ1n) is 6.40. The van der Waals surface area contributed by atoms with E-state index in [-0.39, 0.29) is 0 Å². The highest BCUT2D eigenvalue weighted by Crippen LogP contribution is 2.31. The Morgan fingerprint density at radius 3 is 3.00 bits per heavy atom. The molecule has 2 aliphatic rings. The van der Waals surface area contributed by atoms with E-state index in [9.17, 15) is 0 Å². The first-order chi connectivity index (χ1) is 7.84. The minimum atomic E-state index is 0.701. The molecular weight excluding hydrogens is 196 g/mol. The van der Waals surface area contributed by atoms with Crippen molar-refractivity contribution in [2.24, 2.45) is 5.92 Å². The van der Waals surface area contributed by atoms with E-state index in [1.165, 1.54) is 37.2 Å². The normalized spacial score (nSPS) is 29.2. The van der Waals surface area contributed by atoms with Crippen molar-refractivity contribution in [3.8, 4) is 0 Å². The summed E-state index contributed by atoms with van der Waals surface area (Å²) in [5.74, 6) is 0.812. The molecule has 1 saturated heterocycles. The summed E-state index contributed by atoms with van der Waals surface area (Å²) in [7, 11) is 0. The summed E-state index contributed by atoms with van der Waals surface area (Å²) in [4.78, 5) is 2.61. The lowest BCUT2D eigenvalue weighted by Gasteiger charge is -2.36. The number of fused-ring (bicyclic) bond motifs is 1. The van der Waals surface area contributed by atoms with Crippen molar-refractivity contribution in [2.75, 3.05) is 24.5 Å². The molecule has 3 rings (SSSR count). The number of rotatable bonds is 1. The highest BCUT2D eigenvalue weighted by Gasteiger charge is 2.28. The van der Waals surface area contributed by atoms with Crippen LogP contribution in [0.25, 0.3) is 0 Å². The summed E-state index contributed by atoms with van der Waals surface area (Å²) in [5.41, 5.74) is 3.00. The number of nitrogens with one attached hydrogen (secondary N) is 1. The van der Waals surface area contributed by atoms with Crippen LogP contribution in [0.1, 0.15) is 18.9 Å². The predicted octanol–water partition coefficient (Wildman–Crippen LogP) is 2.05. The average molecular weight is 216 g/mol. The van der Waals surface area contributed by atoms with Crippen LogP contribution in [0.15, 0.2) is 24.3 Å². The van der Waals surface area contributed by atoms with Gasteiger partial charge >= 0.3 is 0 Å². The van der Waals surface area contributed by atoms with E-state index in [4.69, 9.17) is 0 Å². The topological polar surface area (TPSA) is 15.3 Å². The molecule has 0 saturated carbocycles. The molecule has 2 aliphatic heterocycles. The highest BCUT2D eigenvalue weighted by molar-refractivity contribution is 5.58. The number of hydrogen-bond acceptors (Lipinski definition) is 2. The number of benzene rings is 1. The van der Waals surface area contributed by atoms with Crippen molar-refractivity contribution in [2.45, 2.75) is 25.8 Å². The van der Waals surface area contributed by atoms with Gasteiger partial charge in [0.25, 0.3) is 0 Å². The summed E-state index contributed by atoms with van der Waals surface area (Å²) in [6.45, 7) is 5.89. The summed E-state index contributed by atoms with van der Waals surface area (Å²) < 4.78 is 0. The molecule has 86 valence electrons. The van der Waals surface area contributed by atoms with Gasteiger partial charge in [-0.25, -0.2) is 0 Å². The molecule has 1 aromatic carbocycles. The number of hydrogen-bond donors (Lipinski definition) is 1. The summed E-state index contributed by atoms with van der Waals surface area (Å²) >= 11 is 0. The molecule has 2 heterocycles. The van der Waals surface area contributed by atoms with Gasteiger partial charge in [0, 0.05) is 24.8 Å². The Hall–Kier alpha value is -1.02. The van der Waals surface area contributed by atoms with Gasteiger partial charge in [0.2, 0.25) is 0 Å². The van der Waals surface area contributed by atoms with E-state index in [0.717, 1.165) is 12.5 Å². The van der Waals surface area contributed by atoms with Gasteiger partial charge in [-0.3, -0.25) is 0 Å². The third-order valence-electron chi connectivity index (χ3n) is 3.91. The van der Waals surface area contributed by atoms with Crippen LogP contribution in [-0.4, -0.2) is 25.7 Å². The molecule has 0 amide bonds. The van der Waals surface area contributed by atoms with Gasteiger partial charge in [-0.15, -0.1) is 0 Å². The minimum absolute atomic E-state index is 0.701. The van der Waals surface area contributed by atoms with E-state index in [0.29, 0.717) is 6.04 Å². The number of anilines is 1. The molecule has 2 nitrogen and oxygen atoms in total. The van der Waals surface area contributed by atoms with Gasteiger partial charge in [-0.2, -0.15) is 0 Å². The van der Waals surface area contributed by atoms with E-state index in [1.807, 2.05) is 0 Å². The van der Waals surface area contributed by atoms with Crippen molar-refractivity contribution in [1.82, 2.24) is 5.32 Å². The maximum atomic E-state index is 3.55. The maximum absolute atomic E-state index is 3.55. The molecule has 1 N–H and O–H groups in total. The monoisotopic (exact) mass is 216 g/mol. The zero-order valence-corrected chi connectivity index (χ0v) is 9.95. The average Bonchev–Trinajstić information content (AvgIpc) is 2.72. The molecule has 0 aliphatic carbocycles. The van der Waals surface area contributed by atoms with Crippen LogP contribution < -0.4 is 10.2 Å². The third kappa shape index (κ3) is 1.71. The van der Waals surface area contributed by atoms with Gasteiger partial charge in [0.1, 0.15) is 0 Å². The molecule has 16 heavy (non-hydrogen) atoms. The largest absolute Gasteiger partial charge is 0.367 e. The standard InChI is InChI=1S/C14H20N2/c1-11-8-13(10-15-9-11)16-7-6-12-4-2-3-5-14(12)16/h2-5,11,13,15H,6-10H2,1H3. The fourth-order valence-electron chi connectivity index (χ4n) is 3.11. The third-order valence-corrected chi connectivity index (χ3v) is 3.91. The lowest BCUT2D eigenvalue weighted by atomic mass is 9.96. The Morgan fingerprint density at radius 2 is 2.12 bits per heavy atom. The zero-order chi connectivity index (χ0) is 11.0. The second kappa shape index (κ2) is 4.10. The summed E-state index contributed by atoms with van der Waals surface area (Å²) in [5, 5.41) is 3.55. The lowest BCUT2D eigenvalue weighted by molar-refractivity contribution is 0.351. The van der Waals surface area contributed by atoms with Crippen molar-refractivity contribution in [3.05, 3.63) is 29.8 Å². The molecule has 1 aromatic rings. The van der Waals surface area contributed by atoms with Crippen LogP contribution in [0.2, 0.25) is 0 Å². The maximum Gasteiger partial charge on any atom is 0.0417 e. The van der Waals surface area contributed by atoms with Crippen LogP contribution in [0.5, 0.6) is 0 Å². The summed E-state index contributed by atoms with van der Waals surface area (Å²) in [6, 6.07) is 9.57. The molecule has 1 fully saturated rings. The molecule has 2 atom stereocenters. The Bertz CT molecular complexity index is 375. The van der Waals surface area contributed by atoms with E-state index < -0.39 is 0 Å². The van der Waals surface area contributed by atoms with Crippen LogP contribution in [-0.2, 0) is 6.42 Å². The van der Waals surface area contributed by atoms with Gasteiger partial charge in [0.05, 0.1) is 0 Å². The fourth-order valence-corrected chi connectivity index (χ4v) is 3.11. The second-order valence-electron chi connectivity index (χ2n) is 5.23. The van der Waals surface area contributed by atoms with Gasteiger partial charge in [0.15, 0.2) is 0 Å². The zero-order valence-electron chi connectivity index (χ0n) is 9.95. The Kier molecular flexibility index (Phi) is 2.60. The Balaban J connectivity index is 1.81. The van der Waals surface area contributed by atoms with Gasteiger partial charge in [-0.05, 0) is 36.9 Å². The number of nitrogens with zero attached hydrogens (tertiary/aromatic N) is 1. The van der Waals surface area contributed by atoms with Crippen LogP contribution >= 0.6 is 0 Å². The van der Waals surface area contributed by atoms with Gasteiger partial charge in [-0.1, -0.05) is 25.1 Å². The van der Waals surface area contributed by atoms with E-state index in [1.54, 1.807) is 0 Å². The number of piperidine rings is 1. The lowest BCUT2D eigenvalue weighted by Crippen LogP contribution is -2.48. The Morgan fingerprint density at radius 1 is 1.25 bits per heavy atom. The summed E-state index contributed by atoms with van der Waals surface area (Å²) in [6.07, 6.45) is 2.56. The highest BCUT2D eigenvalue weighted by atomic mass is 15.2. The first kappa shape index (κ1) is 10.2. The molecule has 0 bridgehead atoms. The first-order valence-corrected chi connectivity index (χ1v) is 6.40. The van der Waals surface area contributed by atoms with Crippen LogP contribution in [0, 0.1) is 5.92 Å². The minimum Gasteiger partial charge on any atom is -0.367 e. The molecule has 2 heteroatoms. The van der Waals surface area contributed by atoms with Crippen molar-refractivity contribution < 1.29 is 0 Å². The van der Waals surface area contributed by atoms with E-state index in [2.05, 4.69) is 41.4 Å². The van der Waals surface area contributed by atoms with Gasteiger partial charge < -0.3 is 10.2 Å². The van der Waals surface area contributed by atoms with E-state index >= 15 is 0 Å². The molecule has 0 radical (unpaired) electrons. The van der Waals surface area contributed by atoms with Crippen LogP contribution in [0.3, 0.4) is 0 Å². The second-order valence-corrected chi connectivity index (χ2v) is 5.23. The van der Waals surface area contributed by atoms with Crippen molar-refractivity contribution >= 4 is 5.69 Å². The number of para-hydroxylation sites is 1. The van der Waals surface area contributed by atoms with Crippen LogP contribution in [0.4, 0.5) is 5.69 Å². The molecule has 0 spiro atoms. The fraction of sp³-hybridized carbons (Fsp3) is 0.571. The SMILES string of the molecule is CC1CNCC(N2CCc3ccccc32)C1. The quantitative estimate of drug-likeness (QED) is 0.773. The molecule has 0 aromatic heterocycles. The smallest absolute Gasteiger partial charge is 0.0417 e.